The molecule has 1 aromatic carbocycles. The quantitative estimate of drug-likeness (QED) is 0.735. The smallest absolute Gasteiger partial charge is 0.240 e. The number of piperidine rings is 1. The number of aromatic nitrogens is 3. The molecule has 1 aliphatic heterocycles. The fourth-order valence-electron chi connectivity index (χ4n) is 3.18. The van der Waals surface area contributed by atoms with Crippen LogP contribution in [-0.2, 0) is 16.6 Å². The molecule has 8 nitrogen and oxygen atoms in total. The van der Waals surface area contributed by atoms with Gasteiger partial charge in [-0.2, -0.15) is 0 Å². The Balaban J connectivity index is 1.49. The van der Waals surface area contributed by atoms with E-state index in [0.717, 1.165) is 39.0 Å². The van der Waals surface area contributed by atoms with Crippen LogP contribution in [0.3, 0.4) is 0 Å². The first-order valence-electron chi connectivity index (χ1n) is 8.75. The van der Waals surface area contributed by atoms with E-state index in [2.05, 4.69) is 19.8 Å². The van der Waals surface area contributed by atoms with Crippen LogP contribution in [0, 0.1) is 5.92 Å². The van der Waals surface area contributed by atoms with Crippen molar-refractivity contribution in [3.63, 3.8) is 0 Å². The van der Waals surface area contributed by atoms with Crippen molar-refractivity contribution >= 4 is 10.0 Å². The number of likely N-dealkylation sites (tertiary alicyclic amines) is 1. The molecule has 26 heavy (non-hydrogen) atoms. The summed E-state index contributed by atoms with van der Waals surface area (Å²) in [6.07, 6.45) is 5.54. The van der Waals surface area contributed by atoms with E-state index in [1.54, 1.807) is 44.0 Å². The summed E-state index contributed by atoms with van der Waals surface area (Å²) in [7, 11) is -1.94. The molecule has 9 heteroatoms. The summed E-state index contributed by atoms with van der Waals surface area (Å²) in [5.74, 6) is 0.956. The molecule has 3 rings (SSSR count). The lowest BCUT2D eigenvalue weighted by Crippen LogP contribution is -2.42. The topological polar surface area (TPSA) is 89.4 Å². The second-order valence-corrected chi connectivity index (χ2v) is 8.30. The van der Waals surface area contributed by atoms with Gasteiger partial charge < -0.3 is 14.2 Å². The Kier molecular flexibility index (Phi) is 6.23. The van der Waals surface area contributed by atoms with E-state index in [1.165, 1.54) is 0 Å². The summed E-state index contributed by atoms with van der Waals surface area (Å²) in [5.41, 5.74) is 0. The highest BCUT2D eigenvalue weighted by molar-refractivity contribution is 7.89. The van der Waals surface area contributed by atoms with Gasteiger partial charge >= 0.3 is 0 Å². The molecule has 0 amide bonds. The van der Waals surface area contributed by atoms with Gasteiger partial charge in [0.15, 0.2) is 0 Å². The normalized spacial score (nSPS) is 18.7. The molecule has 1 N–H and O–H groups in total. The molecule has 1 saturated heterocycles. The zero-order valence-electron chi connectivity index (χ0n) is 14.9. The highest BCUT2D eigenvalue weighted by Gasteiger charge is 2.22. The summed E-state index contributed by atoms with van der Waals surface area (Å²) in [4.78, 5) is 2.63. The molecule has 0 spiro atoms. The highest BCUT2D eigenvalue weighted by atomic mass is 32.2. The van der Waals surface area contributed by atoms with Crippen LogP contribution in [0.25, 0.3) is 0 Å². The minimum absolute atomic E-state index is 0.263. The van der Waals surface area contributed by atoms with Crippen molar-refractivity contribution in [3.05, 3.63) is 36.9 Å². The van der Waals surface area contributed by atoms with Gasteiger partial charge in [-0.05, 0) is 49.6 Å². The monoisotopic (exact) mass is 379 g/mol. The molecule has 2 heterocycles. The molecule has 1 fully saturated rings. The van der Waals surface area contributed by atoms with E-state index in [0.29, 0.717) is 18.2 Å². The van der Waals surface area contributed by atoms with E-state index < -0.39 is 10.0 Å². The van der Waals surface area contributed by atoms with Crippen LogP contribution in [0.5, 0.6) is 5.75 Å². The summed E-state index contributed by atoms with van der Waals surface area (Å²) in [6.45, 7) is 4.16. The second-order valence-electron chi connectivity index (χ2n) is 6.54. The number of sulfonamides is 1. The lowest BCUT2D eigenvalue weighted by molar-refractivity contribution is 0.170. The van der Waals surface area contributed by atoms with Crippen molar-refractivity contribution < 1.29 is 13.2 Å². The molecular weight excluding hydrogens is 354 g/mol. The van der Waals surface area contributed by atoms with Crippen LogP contribution >= 0.6 is 0 Å². The molecule has 0 saturated carbocycles. The van der Waals surface area contributed by atoms with Crippen molar-refractivity contribution in [3.8, 4) is 5.75 Å². The third-order valence-electron chi connectivity index (χ3n) is 4.68. The lowest BCUT2D eigenvalue weighted by Gasteiger charge is -2.32. The number of ether oxygens (including phenoxy) is 1. The Hall–Kier alpha value is -1.97. The third-order valence-corrected chi connectivity index (χ3v) is 6.12. The number of hydrogen-bond donors (Lipinski definition) is 1. The molecule has 142 valence electrons. The van der Waals surface area contributed by atoms with Crippen LogP contribution in [0.2, 0.25) is 0 Å². The van der Waals surface area contributed by atoms with Crippen LogP contribution in [0.4, 0.5) is 0 Å². The van der Waals surface area contributed by atoms with E-state index in [4.69, 9.17) is 4.74 Å². The van der Waals surface area contributed by atoms with E-state index in [1.807, 2.05) is 4.57 Å². The summed E-state index contributed by atoms with van der Waals surface area (Å²) in [6, 6.07) is 6.44. The molecule has 1 aromatic heterocycles. The highest BCUT2D eigenvalue weighted by Crippen LogP contribution is 2.18. The van der Waals surface area contributed by atoms with Crippen LogP contribution in [0.15, 0.2) is 41.8 Å². The average Bonchev–Trinajstić information content (AvgIpc) is 3.19. The Morgan fingerprint density at radius 1 is 1.19 bits per heavy atom. The van der Waals surface area contributed by atoms with E-state index in [9.17, 15) is 8.42 Å². The fraction of sp³-hybridized carbons (Fsp3) is 0.529. The number of methoxy groups -OCH3 is 1. The van der Waals surface area contributed by atoms with Gasteiger partial charge in [0.1, 0.15) is 18.4 Å². The molecule has 2 aromatic rings. The van der Waals surface area contributed by atoms with E-state index in [-0.39, 0.29) is 4.90 Å². The third kappa shape index (κ3) is 5.03. The Labute approximate surface area is 154 Å². The molecular formula is C17H25N5O3S. The zero-order valence-corrected chi connectivity index (χ0v) is 15.7. The van der Waals surface area contributed by atoms with Gasteiger partial charge in [-0.1, -0.05) is 0 Å². The largest absolute Gasteiger partial charge is 0.497 e. The molecule has 1 aliphatic rings. The number of nitrogens with zero attached hydrogens (tertiary/aromatic N) is 4. The Morgan fingerprint density at radius 2 is 1.92 bits per heavy atom. The van der Waals surface area contributed by atoms with Crippen molar-refractivity contribution in [2.75, 3.05) is 33.3 Å². The van der Waals surface area contributed by atoms with Crippen LogP contribution < -0.4 is 9.46 Å². The van der Waals surface area contributed by atoms with Crippen molar-refractivity contribution in [1.29, 1.82) is 0 Å². The maximum atomic E-state index is 12.5. The number of hydrogen-bond acceptors (Lipinski definition) is 6. The zero-order chi connectivity index (χ0) is 18.4. The second kappa shape index (κ2) is 8.61. The molecule has 0 aliphatic carbocycles. The fourth-order valence-corrected chi connectivity index (χ4v) is 4.30. The molecule has 0 radical (unpaired) electrons. The maximum Gasteiger partial charge on any atom is 0.240 e. The lowest BCUT2D eigenvalue weighted by atomic mass is 9.98. The van der Waals surface area contributed by atoms with Crippen molar-refractivity contribution in [2.45, 2.75) is 24.3 Å². The number of nitrogens with one attached hydrogen (secondary N) is 1. The predicted molar refractivity (Wildman–Crippen MR) is 97.4 cm³/mol. The van der Waals surface area contributed by atoms with Crippen molar-refractivity contribution in [2.24, 2.45) is 5.92 Å². The average molecular weight is 379 g/mol. The first kappa shape index (κ1) is 18.8. The van der Waals surface area contributed by atoms with Gasteiger partial charge in [-0.25, -0.2) is 13.1 Å². The summed E-state index contributed by atoms with van der Waals surface area (Å²) in [5, 5.41) is 7.61. The van der Waals surface area contributed by atoms with Crippen molar-refractivity contribution in [1.82, 2.24) is 24.4 Å². The number of rotatable bonds is 8. The maximum absolute atomic E-state index is 12.5. The van der Waals surface area contributed by atoms with E-state index >= 15 is 0 Å². The Morgan fingerprint density at radius 3 is 2.62 bits per heavy atom. The molecule has 1 atom stereocenters. The van der Waals surface area contributed by atoms with Gasteiger partial charge in [0.25, 0.3) is 0 Å². The predicted octanol–water partition coefficient (Wildman–Crippen LogP) is 0.977. The number of benzene rings is 1. The Bertz CT molecular complexity index is 777. The first-order valence-corrected chi connectivity index (χ1v) is 10.2. The van der Waals surface area contributed by atoms with Gasteiger partial charge in [0.05, 0.1) is 12.0 Å². The van der Waals surface area contributed by atoms with Gasteiger partial charge in [-0.3, -0.25) is 0 Å². The SMILES string of the molecule is COc1ccc(S(=O)(=O)NC[C@H]2CCCN(CCn3cnnc3)C2)cc1. The van der Waals surface area contributed by atoms with Gasteiger partial charge in [0.2, 0.25) is 10.0 Å². The summed E-state index contributed by atoms with van der Waals surface area (Å²) < 4.78 is 34.7. The minimum Gasteiger partial charge on any atom is -0.497 e. The molecule has 0 bridgehead atoms. The standard InChI is InChI=1S/C17H25N5O3S/c1-25-16-4-6-17(7-5-16)26(23,24)20-11-15-3-2-8-21(12-15)9-10-22-13-18-19-14-22/h4-7,13-15,20H,2-3,8-12H2,1H3/t15-/m1/s1. The first-order chi connectivity index (χ1) is 12.6. The van der Waals surface area contributed by atoms with Gasteiger partial charge in [0, 0.05) is 26.2 Å². The van der Waals surface area contributed by atoms with Crippen LogP contribution in [0.1, 0.15) is 12.8 Å². The minimum atomic E-state index is -3.49. The molecule has 0 unspecified atom stereocenters. The summed E-state index contributed by atoms with van der Waals surface area (Å²) >= 11 is 0. The van der Waals surface area contributed by atoms with Gasteiger partial charge in [-0.15, -0.1) is 10.2 Å². The van der Waals surface area contributed by atoms with Crippen LogP contribution in [-0.4, -0.2) is 61.4 Å².